The molecule has 0 bridgehead atoms. The molecule has 1 saturated heterocycles. The second-order valence-electron chi connectivity index (χ2n) is 7.03. The average molecular weight is 443 g/mol. The van der Waals surface area contributed by atoms with Gasteiger partial charge in [0.1, 0.15) is 4.21 Å². The lowest BCUT2D eigenvalue weighted by Gasteiger charge is -2.25. The number of amides is 1. The van der Waals surface area contributed by atoms with Crippen LogP contribution in [0.15, 0.2) is 64.9 Å². The normalized spacial score (nSPS) is 15.1. The summed E-state index contributed by atoms with van der Waals surface area (Å²) in [6.07, 6.45) is 0. The first-order chi connectivity index (χ1) is 14.4. The summed E-state index contributed by atoms with van der Waals surface area (Å²) in [6, 6.07) is 18.2. The molecule has 6 nitrogen and oxygen atoms in total. The molecule has 30 heavy (non-hydrogen) atoms. The first kappa shape index (κ1) is 20.7. The van der Waals surface area contributed by atoms with Crippen LogP contribution in [0.2, 0.25) is 0 Å². The van der Waals surface area contributed by atoms with Gasteiger partial charge in [0, 0.05) is 29.2 Å². The molecular weight excluding hydrogens is 420 g/mol. The third kappa shape index (κ3) is 4.46. The smallest absolute Gasteiger partial charge is 0.255 e. The van der Waals surface area contributed by atoms with Crippen LogP contribution in [0.3, 0.4) is 0 Å². The Morgan fingerprint density at radius 2 is 1.63 bits per heavy atom. The van der Waals surface area contributed by atoms with Gasteiger partial charge in [-0.1, -0.05) is 29.8 Å². The van der Waals surface area contributed by atoms with Crippen LogP contribution < -0.4 is 5.32 Å². The Hall–Kier alpha value is -2.52. The van der Waals surface area contributed by atoms with Crippen LogP contribution in [0.1, 0.15) is 15.9 Å². The van der Waals surface area contributed by atoms with E-state index in [2.05, 4.69) is 5.32 Å². The molecular formula is C22H22N2O4S2. The number of ether oxygens (including phenoxy) is 1. The molecule has 0 spiro atoms. The predicted octanol–water partition coefficient (Wildman–Crippen LogP) is 4.00. The molecule has 1 aliphatic rings. The van der Waals surface area contributed by atoms with Gasteiger partial charge in [0.25, 0.3) is 15.9 Å². The number of anilines is 1. The minimum Gasteiger partial charge on any atom is -0.379 e. The lowest BCUT2D eigenvalue weighted by Crippen LogP contribution is -2.40. The molecule has 4 rings (SSSR count). The Kier molecular flexibility index (Phi) is 6.01. The zero-order valence-electron chi connectivity index (χ0n) is 16.5. The maximum absolute atomic E-state index is 12.8. The summed E-state index contributed by atoms with van der Waals surface area (Å²) < 4.78 is 32.6. The number of nitrogens with one attached hydrogen (secondary N) is 1. The van der Waals surface area contributed by atoms with Gasteiger partial charge in [0.15, 0.2) is 0 Å². The highest BCUT2D eigenvalue weighted by Crippen LogP contribution is 2.32. The van der Waals surface area contributed by atoms with Crippen molar-refractivity contribution in [3.63, 3.8) is 0 Å². The Labute approximate surface area is 180 Å². The summed E-state index contributed by atoms with van der Waals surface area (Å²) in [6.45, 7) is 3.58. The van der Waals surface area contributed by atoms with Gasteiger partial charge in [-0.2, -0.15) is 4.31 Å². The molecule has 1 N–H and O–H groups in total. The highest BCUT2D eigenvalue weighted by atomic mass is 32.2. The van der Waals surface area contributed by atoms with Crippen LogP contribution in [0.4, 0.5) is 5.69 Å². The number of carbonyl (C=O) groups is 1. The number of rotatable bonds is 5. The van der Waals surface area contributed by atoms with E-state index >= 15 is 0 Å². The standard InChI is InChI=1S/C22H22N2O4S2/c1-16-2-8-19(9-3-16)23-22(25)18-6-4-17(5-7-18)20-10-11-21(29-20)30(26,27)24-12-14-28-15-13-24/h2-11H,12-15H2,1H3,(H,23,25). The third-order valence-corrected chi connectivity index (χ3v) is 8.39. The van der Waals surface area contributed by atoms with Crippen molar-refractivity contribution in [2.45, 2.75) is 11.1 Å². The number of sulfonamides is 1. The van der Waals surface area contributed by atoms with Gasteiger partial charge >= 0.3 is 0 Å². The number of hydrogen-bond donors (Lipinski definition) is 1. The van der Waals surface area contributed by atoms with E-state index in [1.54, 1.807) is 24.3 Å². The van der Waals surface area contributed by atoms with Crippen LogP contribution in [0.25, 0.3) is 10.4 Å². The van der Waals surface area contributed by atoms with Crippen molar-refractivity contribution in [3.8, 4) is 10.4 Å². The van der Waals surface area contributed by atoms with E-state index in [0.717, 1.165) is 21.7 Å². The minimum absolute atomic E-state index is 0.188. The lowest BCUT2D eigenvalue weighted by molar-refractivity contribution is 0.0731. The summed E-state index contributed by atoms with van der Waals surface area (Å²) >= 11 is 1.23. The van der Waals surface area contributed by atoms with Crippen LogP contribution >= 0.6 is 11.3 Å². The fraction of sp³-hybridized carbons (Fsp3) is 0.227. The molecule has 0 radical (unpaired) electrons. The van der Waals surface area contributed by atoms with Crippen molar-refractivity contribution < 1.29 is 17.9 Å². The van der Waals surface area contributed by atoms with E-state index < -0.39 is 10.0 Å². The number of aryl methyl sites for hydroxylation is 1. The second kappa shape index (κ2) is 8.69. The molecule has 2 aromatic carbocycles. The van der Waals surface area contributed by atoms with Gasteiger partial charge in [0.2, 0.25) is 0 Å². The molecule has 0 atom stereocenters. The third-order valence-electron chi connectivity index (χ3n) is 4.89. The van der Waals surface area contributed by atoms with Crippen LogP contribution in [-0.2, 0) is 14.8 Å². The van der Waals surface area contributed by atoms with Crippen molar-refractivity contribution in [1.29, 1.82) is 0 Å². The first-order valence-corrected chi connectivity index (χ1v) is 11.9. The second-order valence-corrected chi connectivity index (χ2v) is 10.3. The summed E-state index contributed by atoms with van der Waals surface area (Å²) in [5.41, 5.74) is 3.28. The molecule has 8 heteroatoms. The Morgan fingerprint density at radius 1 is 0.967 bits per heavy atom. The van der Waals surface area contributed by atoms with Crippen LogP contribution in [-0.4, -0.2) is 44.9 Å². The Bertz CT molecular complexity index is 1130. The highest BCUT2D eigenvalue weighted by Gasteiger charge is 2.27. The van der Waals surface area contributed by atoms with Crippen molar-refractivity contribution in [1.82, 2.24) is 4.31 Å². The topological polar surface area (TPSA) is 75.7 Å². The van der Waals surface area contributed by atoms with Crippen molar-refractivity contribution >= 4 is 33.0 Å². The monoisotopic (exact) mass is 442 g/mol. The fourth-order valence-electron chi connectivity index (χ4n) is 3.15. The quantitative estimate of drug-likeness (QED) is 0.648. The highest BCUT2D eigenvalue weighted by molar-refractivity contribution is 7.91. The van der Waals surface area contributed by atoms with Gasteiger partial charge in [-0.25, -0.2) is 8.42 Å². The maximum atomic E-state index is 12.8. The molecule has 1 amide bonds. The van der Waals surface area contributed by atoms with Gasteiger partial charge in [-0.3, -0.25) is 4.79 Å². The minimum atomic E-state index is -3.50. The van der Waals surface area contributed by atoms with E-state index in [4.69, 9.17) is 4.74 Å². The van der Waals surface area contributed by atoms with E-state index in [0.29, 0.717) is 36.1 Å². The summed E-state index contributed by atoms with van der Waals surface area (Å²) in [5, 5.41) is 2.87. The number of nitrogens with zero attached hydrogens (tertiary/aromatic N) is 1. The van der Waals surface area contributed by atoms with Crippen molar-refractivity contribution in [2.24, 2.45) is 0 Å². The molecule has 1 aromatic heterocycles. The predicted molar refractivity (Wildman–Crippen MR) is 118 cm³/mol. The molecule has 3 aromatic rings. The molecule has 0 aliphatic carbocycles. The number of thiophene rings is 1. The zero-order chi connectivity index (χ0) is 21.1. The van der Waals surface area contributed by atoms with Crippen molar-refractivity contribution in [2.75, 3.05) is 31.6 Å². The number of carbonyl (C=O) groups excluding carboxylic acids is 1. The number of benzene rings is 2. The average Bonchev–Trinajstić information content (AvgIpc) is 3.27. The van der Waals surface area contributed by atoms with E-state index in [1.165, 1.54) is 15.6 Å². The Balaban J connectivity index is 1.48. The van der Waals surface area contributed by atoms with Crippen molar-refractivity contribution in [3.05, 3.63) is 71.8 Å². The number of morpholine rings is 1. The molecule has 0 saturated carbocycles. The van der Waals surface area contributed by atoms with Crippen LogP contribution in [0.5, 0.6) is 0 Å². The summed E-state index contributed by atoms with van der Waals surface area (Å²) in [7, 11) is -3.50. The molecule has 1 fully saturated rings. The zero-order valence-corrected chi connectivity index (χ0v) is 18.1. The molecule has 156 valence electrons. The fourth-order valence-corrected chi connectivity index (χ4v) is 6.03. The maximum Gasteiger partial charge on any atom is 0.255 e. The number of hydrogen-bond acceptors (Lipinski definition) is 5. The van der Waals surface area contributed by atoms with Gasteiger partial charge in [-0.15, -0.1) is 11.3 Å². The first-order valence-electron chi connectivity index (χ1n) is 9.60. The molecule has 1 aliphatic heterocycles. The van der Waals surface area contributed by atoms with E-state index in [1.807, 2.05) is 43.3 Å². The lowest BCUT2D eigenvalue weighted by atomic mass is 10.1. The Morgan fingerprint density at radius 3 is 2.30 bits per heavy atom. The summed E-state index contributed by atoms with van der Waals surface area (Å²) in [5.74, 6) is -0.188. The SMILES string of the molecule is Cc1ccc(NC(=O)c2ccc(-c3ccc(S(=O)(=O)N4CCOCC4)s3)cc2)cc1. The van der Waals surface area contributed by atoms with E-state index in [-0.39, 0.29) is 5.91 Å². The van der Waals surface area contributed by atoms with Gasteiger partial charge in [0.05, 0.1) is 13.2 Å². The van der Waals surface area contributed by atoms with Gasteiger partial charge in [-0.05, 0) is 48.9 Å². The van der Waals surface area contributed by atoms with Crippen LogP contribution in [0, 0.1) is 6.92 Å². The largest absolute Gasteiger partial charge is 0.379 e. The summed E-state index contributed by atoms with van der Waals surface area (Å²) in [4.78, 5) is 13.3. The van der Waals surface area contributed by atoms with Gasteiger partial charge < -0.3 is 10.1 Å². The molecule has 2 heterocycles. The molecule has 0 unspecified atom stereocenters. The van der Waals surface area contributed by atoms with E-state index in [9.17, 15) is 13.2 Å².